The third-order valence-corrected chi connectivity index (χ3v) is 5.43. The summed E-state index contributed by atoms with van der Waals surface area (Å²) < 4.78 is 17.1. The molecule has 2 bridgehead atoms. The second-order valence-corrected chi connectivity index (χ2v) is 8.79. The highest BCUT2D eigenvalue weighted by Crippen LogP contribution is 2.37. The van der Waals surface area contributed by atoms with Gasteiger partial charge in [-0.05, 0) is 58.2 Å². The molecule has 0 N–H and O–H groups in total. The number of carbonyl (C=O) groups excluding carboxylic acids is 1. The zero-order chi connectivity index (χ0) is 19.9. The van der Waals surface area contributed by atoms with Gasteiger partial charge < -0.3 is 18.8 Å². The van der Waals surface area contributed by atoms with Crippen LogP contribution in [-0.2, 0) is 4.74 Å². The first-order chi connectivity index (χ1) is 13.3. The van der Waals surface area contributed by atoms with Gasteiger partial charge in [0.25, 0.3) is 0 Å². The number of carbonyl (C=O) groups is 1. The second kappa shape index (κ2) is 7.15. The van der Waals surface area contributed by atoms with Crippen LogP contribution in [0.5, 0.6) is 5.75 Å². The van der Waals surface area contributed by atoms with Gasteiger partial charge in [-0.15, -0.1) is 0 Å². The standard InChI is InChI=1S/C22H27NO5/c1-22(2,3)28-21(25)23-15-5-4-6-16(23)12-18(11-15)26-17-9-7-14-8-10-20(24)27-19(14)13-17/h7-10,13,15-16,18H,4-6,11-12H2,1-3H3. The Morgan fingerprint density at radius 2 is 1.79 bits per heavy atom. The number of piperidine rings is 2. The van der Waals surface area contributed by atoms with Crippen molar-refractivity contribution in [2.24, 2.45) is 0 Å². The maximum absolute atomic E-state index is 12.7. The molecule has 2 aliphatic rings. The van der Waals surface area contributed by atoms with Crippen molar-refractivity contribution in [3.8, 4) is 5.75 Å². The molecule has 3 heterocycles. The van der Waals surface area contributed by atoms with E-state index in [-0.39, 0.29) is 29.9 Å². The molecule has 6 heteroatoms. The summed E-state index contributed by atoms with van der Waals surface area (Å²) in [5.41, 5.74) is -0.338. The van der Waals surface area contributed by atoms with Gasteiger partial charge in [-0.1, -0.05) is 0 Å². The highest BCUT2D eigenvalue weighted by molar-refractivity contribution is 5.77. The first kappa shape index (κ1) is 18.8. The molecule has 0 radical (unpaired) electrons. The fourth-order valence-electron chi connectivity index (χ4n) is 4.35. The Labute approximate surface area is 164 Å². The summed E-state index contributed by atoms with van der Waals surface area (Å²) in [5, 5.41) is 0.864. The van der Waals surface area contributed by atoms with Gasteiger partial charge in [0, 0.05) is 42.4 Å². The Morgan fingerprint density at radius 3 is 2.46 bits per heavy atom. The Hall–Kier alpha value is -2.50. The molecule has 0 aliphatic carbocycles. The molecule has 2 atom stereocenters. The van der Waals surface area contributed by atoms with E-state index < -0.39 is 5.60 Å². The third kappa shape index (κ3) is 4.01. The van der Waals surface area contributed by atoms with Crippen LogP contribution >= 0.6 is 0 Å². The molecule has 2 saturated heterocycles. The summed E-state index contributed by atoms with van der Waals surface area (Å²) >= 11 is 0. The summed E-state index contributed by atoms with van der Waals surface area (Å²) in [6.45, 7) is 5.69. The minimum atomic E-state index is -0.492. The van der Waals surface area contributed by atoms with E-state index in [0.717, 1.165) is 37.5 Å². The Balaban J connectivity index is 1.48. The minimum absolute atomic E-state index is 0.0295. The average Bonchev–Trinajstić information content (AvgIpc) is 2.59. The van der Waals surface area contributed by atoms with Crippen LogP contribution in [0.15, 0.2) is 39.5 Å². The van der Waals surface area contributed by atoms with Crippen molar-refractivity contribution < 1.29 is 18.7 Å². The van der Waals surface area contributed by atoms with E-state index in [2.05, 4.69) is 0 Å². The van der Waals surface area contributed by atoms with E-state index in [9.17, 15) is 9.59 Å². The lowest BCUT2D eigenvalue weighted by Crippen LogP contribution is -2.57. The van der Waals surface area contributed by atoms with Gasteiger partial charge in [0.15, 0.2) is 0 Å². The number of amides is 1. The lowest BCUT2D eigenvalue weighted by molar-refractivity contribution is -0.0405. The van der Waals surface area contributed by atoms with Crippen molar-refractivity contribution in [1.29, 1.82) is 0 Å². The molecule has 2 unspecified atom stereocenters. The summed E-state index contributed by atoms with van der Waals surface area (Å²) in [7, 11) is 0. The third-order valence-electron chi connectivity index (χ3n) is 5.43. The van der Waals surface area contributed by atoms with E-state index in [0.29, 0.717) is 11.3 Å². The largest absolute Gasteiger partial charge is 0.490 e. The van der Waals surface area contributed by atoms with E-state index in [1.54, 1.807) is 12.1 Å². The lowest BCUT2D eigenvalue weighted by atomic mass is 9.83. The fraction of sp³-hybridized carbons (Fsp3) is 0.545. The van der Waals surface area contributed by atoms with Crippen LogP contribution in [0, 0.1) is 0 Å². The van der Waals surface area contributed by atoms with Crippen LogP contribution in [0.1, 0.15) is 52.9 Å². The Kier molecular flexibility index (Phi) is 4.81. The molecule has 0 spiro atoms. The van der Waals surface area contributed by atoms with Crippen LogP contribution < -0.4 is 10.4 Å². The van der Waals surface area contributed by atoms with Crippen molar-refractivity contribution in [3.63, 3.8) is 0 Å². The number of hydrogen-bond acceptors (Lipinski definition) is 5. The molecule has 6 nitrogen and oxygen atoms in total. The van der Waals surface area contributed by atoms with Crippen molar-refractivity contribution in [3.05, 3.63) is 40.8 Å². The molecule has 28 heavy (non-hydrogen) atoms. The molecule has 0 saturated carbocycles. The minimum Gasteiger partial charge on any atom is -0.490 e. The van der Waals surface area contributed by atoms with E-state index in [4.69, 9.17) is 13.9 Å². The van der Waals surface area contributed by atoms with Gasteiger partial charge in [-0.2, -0.15) is 0 Å². The summed E-state index contributed by atoms with van der Waals surface area (Å²) in [4.78, 5) is 26.1. The zero-order valence-corrected chi connectivity index (χ0v) is 16.6. The number of nitrogens with zero attached hydrogens (tertiary/aromatic N) is 1. The van der Waals surface area contributed by atoms with E-state index in [1.165, 1.54) is 6.07 Å². The zero-order valence-electron chi connectivity index (χ0n) is 16.6. The predicted molar refractivity (Wildman–Crippen MR) is 106 cm³/mol. The molecule has 2 aromatic rings. The molecule has 2 aliphatic heterocycles. The molecule has 1 aromatic heterocycles. The topological polar surface area (TPSA) is 69.0 Å². The van der Waals surface area contributed by atoms with Crippen molar-refractivity contribution in [2.45, 2.75) is 76.7 Å². The quantitative estimate of drug-likeness (QED) is 0.712. The number of ether oxygens (including phenoxy) is 2. The van der Waals surface area contributed by atoms with Crippen molar-refractivity contribution >= 4 is 17.1 Å². The molecular formula is C22H27NO5. The lowest BCUT2D eigenvalue weighted by Gasteiger charge is -2.48. The highest BCUT2D eigenvalue weighted by Gasteiger charge is 2.43. The normalized spacial score (nSPS) is 24.8. The summed E-state index contributed by atoms with van der Waals surface area (Å²) in [6.07, 6.45) is 4.46. The van der Waals surface area contributed by atoms with Gasteiger partial charge in [-0.25, -0.2) is 9.59 Å². The number of fused-ring (bicyclic) bond motifs is 3. The van der Waals surface area contributed by atoms with Gasteiger partial charge in [0.1, 0.15) is 23.0 Å². The summed E-state index contributed by atoms with van der Waals surface area (Å²) in [6, 6.07) is 9.01. The summed E-state index contributed by atoms with van der Waals surface area (Å²) in [5.74, 6) is 0.690. The van der Waals surface area contributed by atoms with Gasteiger partial charge in [-0.3, -0.25) is 0 Å². The number of hydrogen-bond donors (Lipinski definition) is 0. The Bertz CT molecular complexity index is 914. The molecule has 4 rings (SSSR count). The predicted octanol–water partition coefficient (Wildman–Crippen LogP) is 4.49. The van der Waals surface area contributed by atoms with E-state index >= 15 is 0 Å². The second-order valence-electron chi connectivity index (χ2n) is 8.79. The van der Waals surface area contributed by atoms with Crippen LogP contribution in [-0.4, -0.2) is 34.8 Å². The van der Waals surface area contributed by atoms with Crippen LogP contribution in [0.2, 0.25) is 0 Å². The van der Waals surface area contributed by atoms with Gasteiger partial charge in [0.2, 0.25) is 0 Å². The molecule has 150 valence electrons. The average molecular weight is 385 g/mol. The van der Waals surface area contributed by atoms with Gasteiger partial charge in [0.05, 0.1) is 0 Å². The van der Waals surface area contributed by atoms with Crippen LogP contribution in [0.3, 0.4) is 0 Å². The van der Waals surface area contributed by atoms with Gasteiger partial charge >= 0.3 is 11.7 Å². The first-order valence-electron chi connectivity index (χ1n) is 10.0. The Morgan fingerprint density at radius 1 is 1.11 bits per heavy atom. The molecular weight excluding hydrogens is 358 g/mol. The van der Waals surface area contributed by atoms with Crippen LogP contribution in [0.25, 0.3) is 11.0 Å². The molecule has 1 aromatic carbocycles. The maximum atomic E-state index is 12.7. The van der Waals surface area contributed by atoms with Crippen molar-refractivity contribution in [2.75, 3.05) is 0 Å². The first-order valence-corrected chi connectivity index (χ1v) is 10.0. The van der Waals surface area contributed by atoms with E-state index in [1.807, 2.05) is 37.8 Å². The monoisotopic (exact) mass is 385 g/mol. The number of benzene rings is 1. The maximum Gasteiger partial charge on any atom is 0.410 e. The number of rotatable bonds is 2. The van der Waals surface area contributed by atoms with Crippen LogP contribution in [0.4, 0.5) is 4.79 Å². The highest BCUT2D eigenvalue weighted by atomic mass is 16.6. The van der Waals surface area contributed by atoms with Crippen molar-refractivity contribution in [1.82, 2.24) is 4.90 Å². The smallest absolute Gasteiger partial charge is 0.410 e. The molecule has 2 fully saturated rings. The SMILES string of the molecule is CC(C)(C)OC(=O)N1C2CCCC1CC(Oc1ccc3ccc(=O)oc3c1)C2. The molecule has 1 amide bonds. The fourth-order valence-corrected chi connectivity index (χ4v) is 4.35.